The largest absolute Gasteiger partial charge is 0.353 e. The Morgan fingerprint density at radius 2 is 2.09 bits per heavy atom. The number of unbranched alkanes of at least 4 members (excludes halogenated alkanes) is 1. The minimum Gasteiger partial charge on any atom is -0.353 e. The maximum atomic E-state index is 13.6. The summed E-state index contributed by atoms with van der Waals surface area (Å²) in [7, 11) is 3.90. The van der Waals surface area contributed by atoms with Gasteiger partial charge >= 0.3 is 0 Å². The first-order valence-electron chi connectivity index (χ1n) is 8.07. The molecule has 0 bridgehead atoms. The van der Waals surface area contributed by atoms with E-state index in [-0.39, 0.29) is 23.9 Å². The fourth-order valence-corrected chi connectivity index (χ4v) is 5.68. The number of carbonyl (C=O) groups is 1. The van der Waals surface area contributed by atoms with Gasteiger partial charge in [0, 0.05) is 29.0 Å². The summed E-state index contributed by atoms with van der Waals surface area (Å²) < 4.78 is 27.2. The lowest BCUT2D eigenvalue weighted by Crippen LogP contribution is -2.34. The van der Waals surface area contributed by atoms with Crippen molar-refractivity contribution < 1.29 is 13.6 Å². The van der Waals surface area contributed by atoms with E-state index in [1.807, 2.05) is 21.6 Å². The molecule has 0 radical (unpaired) electrons. The molecule has 1 fully saturated rings. The third-order valence-electron chi connectivity index (χ3n) is 3.89. The van der Waals surface area contributed by atoms with Crippen molar-refractivity contribution in [3.8, 4) is 0 Å². The zero-order valence-electron chi connectivity index (χ0n) is 13.3. The summed E-state index contributed by atoms with van der Waals surface area (Å²) in [6.07, 6.45) is 5.01. The first-order valence-corrected chi connectivity index (χ1v) is 10.4. The van der Waals surface area contributed by atoms with Crippen LogP contribution in [0.5, 0.6) is 0 Å². The Morgan fingerprint density at radius 3 is 2.74 bits per heavy atom. The number of halogens is 2. The smallest absolute Gasteiger partial charge is 0.220 e. The number of nitrogens with one attached hydrogen (secondary N) is 1. The van der Waals surface area contributed by atoms with E-state index in [0.717, 1.165) is 18.1 Å². The molecule has 1 aliphatic heterocycles. The second-order valence-electron chi connectivity index (χ2n) is 5.95. The number of amides is 1. The van der Waals surface area contributed by atoms with Gasteiger partial charge in [-0.05, 0) is 44.7 Å². The monoisotopic (exact) mass is 359 g/mol. The summed E-state index contributed by atoms with van der Waals surface area (Å²) >= 11 is 0. The standard InChI is InChI=1S/C17H23F2NOS2/c1-12(11-14-15(18)6-4-7-16(14)19)20-17(21)8-3-2-5-13-9-10-22-23-13/h4,6-7,12-13H,2-3,5,8-11H2,1H3,(H,20,21). The van der Waals surface area contributed by atoms with E-state index in [1.54, 1.807) is 6.92 Å². The highest BCUT2D eigenvalue weighted by Gasteiger charge is 2.17. The minimum absolute atomic E-state index is 0.0380. The van der Waals surface area contributed by atoms with Crippen molar-refractivity contribution in [3.05, 3.63) is 35.4 Å². The van der Waals surface area contributed by atoms with E-state index < -0.39 is 11.6 Å². The number of hydrogen-bond acceptors (Lipinski definition) is 3. The van der Waals surface area contributed by atoms with Crippen LogP contribution in [0.1, 0.15) is 44.6 Å². The fourth-order valence-electron chi connectivity index (χ4n) is 2.65. The quantitative estimate of drug-likeness (QED) is 0.538. The van der Waals surface area contributed by atoms with Gasteiger partial charge in [0.25, 0.3) is 0 Å². The summed E-state index contributed by atoms with van der Waals surface area (Å²) in [6, 6.07) is 3.55. The molecule has 6 heteroatoms. The highest BCUT2D eigenvalue weighted by molar-refractivity contribution is 8.77. The molecule has 1 aromatic carbocycles. The first-order chi connectivity index (χ1) is 11.1. The molecule has 128 valence electrons. The molecular formula is C17H23F2NOS2. The van der Waals surface area contributed by atoms with Crippen LogP contribution in [-0.4, -0.2) is 23.0 Å². The summed E-state index contributed by atoms with van der Waals surface area (Å²) in [5.74, 6) is 0.0821. The molecule has 2 atom stereocenters. The van der Waals surface area contributed by atoms with E-state index >= 15 is 0 Å². The van der Waals surface area contributed by atoms with E-state index in [2.05, 4.69) is 5.32 Å². The van der Waals surface area contributed by atoms with E-state index in [4.69, 9.17) is 0 Å². The molecule has 0 aromatic heterocycles. The van der Waals surface area contributed by atoms with Crippen molar-refractivity contribution in [3.63, 3.8) is 0 Å². The van der Waals surface area contributed by atoms with Crippen molar-refractivity contribution in [1.29, 1.82) is 0 Å². The third-order valence-corrected chi connectivity index (χ3v) is 6.89. The molecule has 1 aliphatic rings. The number of benzene rings is 1. The normalized spacial score (nSPS) is 18.8. The molecule has 1 aromatic rings. The van der Waals surface area contributed by atoms with Crippen LogP contribution in [0.25, 0.3) is 0 Å². The Kier molecular flexibility index (Phi) is 7.70. The molecule has 2 unspecified atom stereocenters. The van der Waals surface area contributed by atoms with Gasteiger partial charge in [0.05, 0.1) is 0 Å². The van der Waals surface area contributed by atoms with Crippen LogP contribution in [0.2, 0.25) is 0 Å². The summed E-state index contributed by atoms with van der Waals surface area (Å²) in [4.78, 5) is 11.9. The molecule has 2 rings (SSSR count). The van der Waals surface area contributed by atoms with Crippen LogP contribution in [0.3, 0.4) is 0 Å². The Morgan fingerprint density at radius 1 is 1.35 bits per heavy atom. The average Bonchev–Trinajstić information content (AvgIpc) is 3.01. The number of hydrogen-bond donors (Lipinski definition) is 1. The van der Waals surface area contributed by atoms with Crippen LogP contribution in [0.4, 0.5) is 8.78 Å². The molecule has 0 aliphatic carbocycles. The van der Waals surface area contributed by atoms with Gasteiger partial charge in [0.2, 0.25) is 5.91 Å². The van der Waals surface area contributed by atoms with E-state index in [1.165, 1.54) is 36.8 Å². The molecule has 0 saturated carbocycles. The van der Waals surface area contributed by atoms with Crippen molar-refractivity contribution in [2.45, 2.75) is 56.7 Å². The highest BCUT2D eigenvalue weighted by atomic mass is 33.1. The topological polar surface area (TPSA) is 29.1 Å². The Bertz CT molecular complexity index is 501. The van der Waals surface area contributed by atoms with E-state index in [0.29, 0.717) is 6.42 Å². The van der Waals surface area contributed by atoms with Gasteiger partial charge < -0.3 is 5.32 Å². The summed E-state index contributed by atoms with van der Waals surface area (Å²) in [6.45, 7) is 1.77. The van der Waals surface area contributed by atoms with Gasteiger partial charge in [-0.1, -0.05) is 34.1 Å². The molecule has 1 N–H and O–H groups in total. The van der Waals surface area contributed by atoms with Gasteiger partial charge in [0.15, 0.2) is 0 Å². The van der Waals surface area contributed by atoms with E-state index in [9.17, 15) is 13.6 Å². The summed E-state index contributed by atoms with van der Waals surface area (Å²) in [5, 5.41) is 3.57. The zero-order chi connectivity index (χ0) is 16.7. The maximum absolute atomic E-state index is 13.6. The van der Waals surface area contributed by atoms with Crippen molar-refractivity contribution >= 4 is 27.5 Å². The zero-order valence-corrected chi connectivity index (χ0v) is 15.0. The molecular weight excluding hydrogens is 336 g/mol. The lowest BCUT2D eigenvalue weighted by Gasteiger charge is -2.15. The third kappa shape index (κ3) is 6.34. The second-order valence-corrected chi connectivity index (χ2v) is 8.74. The van der Waals surface area contributed by atoms with Crippen molar-refractivity contribution in [2.24, 2.45) is 0 Å². The van der Waals surface area contributed by atoms with Crippen LogP contribution < -0.4 is 5.32 Å². The molecule has 1 saturated heterocycles. The van der Waals surface area contributed by atoms with Gasteiger partial charge in [-0.2, -0.15) is 0 Å². The molecule has 2 nitrogen and oxygen atoms in total. The number of carbonyl (C=O) groups excluding carboxylic acids is 1. The lowest BCUT2D eigenvalue weighted by molar-refractivity contribution is -0.121. The van der Waals surface area contributed by atoms with Crippen LogP contribution in [0.15, 0.2) is 18.2 Å². The van der Waals surface area contributed by atoms with Crippen molar-refractivity contribution in [2.75, 3.05) is 5.75 Å². The summed E-state index contributed by atoms with van der Waals surface area (Å²) in [5.41, 5.74) is 0.0380. The Hall–Kier alpha value is -0.750. The Labute approximate surface area is 144 Å². The molecule has 1 amide bonds. The predicted molar refractivity (Wildman–Crippen MR) is 94.6 cm³/mol. The average molecular weight is 360 g/mol. The maximum Gasteiger partial charge on any atom is 0.220 e. The highest BCUT2D eigenvalue weighted by Crippen LogP contribution is 2.39. The SMILES string of the molecule is CC(Cc1c(F)cccc1F)NC(=O)CCCCC1CCSS1. The van der Waals surface area contributed by atoms with Gasteiger partial charge in [-0.25, -0.2) is 8.78 Å². The molecule has 23 heavy (non-hydrogen) atoms. The Balaban J connectivity index is 1.66. The predicted octanol–water partition coefficient (Wildman–Crippen LogP) is 4.73. The molecule has 1 heterocycles. The van der Waals surface area contributed by atoms with Gasteiger partial charge in [0.1, 0.15) is 11.6 Å². The lowest BCUT2D eigenvalue weighted by atomic mass is 10.1. The second kappa shape index (κ2) is 9.52. The first kappa shape index (κ1) is 18.6. The minimum atomic E-state index is -0.557. The van der Waals surface area contributed by atoms with Crippen LogP contribution >= 0.6 is 21.6 Å². The van der Waals surface area contributed by atoms with Crippen LogP contribution in [-0.2, 0) is 11.2 Å². The fraction of sp³-hybridized carbons (Fsp3) is 0.588. The molecule has 0 spiro atoms. The van der Waals surface area contributed by atoms with Gasteiger partial charge in [-0.15, -0.1) is 0 Å². The number of rotatable bonds is 8. The van der Waals surface area contributed by atoms with Crippen LogP contribution in [0, 0.1) is 11.6 Å². The van der Waals surface area contributed by atoms with Gasteiger partial charge in [-0.3, -0.25) is 4.79 Å². The van der Waals surface area contributed by atoms with Crippen molar-refractivity contribution in [1.82, 2.24) is 5.32 Å².